The molecule has 2 unspecified atom stereocenters. The lowest BCUT2D eigenvalue weighted by molar-refractivity contribution is -0.152. The molecule has 2 aromatic rings. The van der Waals surface area contributed by atoms with Crippen LogP contribution in [0.15, 0.2) is 48.5 Å². The Bertz CT molecular complexity index is 730. The van der Waals surface area contributed by atoms with Crippen LogP contribution in [0.25, 0.3) is 0 Å². The van der Waals surface area contributed by atoms with Crippen LogP contribution in [-0.2, 0) is 20.9 Å². The second-order valence-electron chi connectivity index (χ2n) is 6.44. The summed E-state index contributed by atoms with van der Waals surface area (Å²) < 4.78 is 5.68. The van der Waals surface area contributed by atoms with Crippen molar-refractivity contribution in [3.05, 3.63) is 70.8 Å². The van der Waals surface area contributed by atoms with Gasteiger partial charge in [0.25, 0.3) is 0 Å². The van der Waals surface area contributed by atoms with Crippen LogP contribution in [0.2, 0.25) is 0 Å². The van der Waals surface area contributed by atoms with Gasteiger partial charge in [0.2, 0.25) is 6.41 Å². The minimum Gasteiger partial charge on any atom is -0.479 e. The molecule has 0 bridgehead atoms. The van der Waals surface area contributed by atoms with Crippen LogP contribution in [0, 0.1) is 13.8 Å². The van der Waals surface area contributed by atoms with Crippen LogP contribution < -0.4 is 5.32 Å². The highest BCUT2D eigenvalue weighted by Gasteiger charge is 2.25. The Hall–Kier alpha value is -2.66. The summed E-state index contributed by atoms with van der Waals surface area (Å²) in [4.78, 5) is 22.5. The van der Waals surface area contributed by atoms with Gasteiger partial charge in [0, 0.05) is 12.5 Å². The number of hydrogen-bond acceptors (Lipinski definition) is 3. The normalized spacial score (nSPS) is 13.0. The summed E-state index contributed by atoms with van der Waals surface area (Å²) in [6.45, 7) is 4.59. The maximum absolute atomic E-state index is 11.7. The van der Waals surface area contributed by atoms with Crippen molar-refractivity contribution in [1.82, 2.24) is 5.32 Å². The largest absolute Gasteiger partial charge is 0.479 e. The molecule has 0 radical (unpaired) electrons. The summed E-state index contributed by atoms with van der Waals surface area (Å²) in [5.74, 6) is -1.14. The summed E-state index contributed by atoms with van der Waals surface area (Å²) in [7, 11) is 0. The number of amides is 1. The van der Waals surface area contributed by atoms with Crippen molar-refractivity contribution in [3.8, 4) is 0 Å². The molecule has 5 heteroatoms. The van der Waals surface area contributed by atoms with Gasteiger partial charge >= 0.3 is 5.97 Å². The number of hydrogen-bond donors (Lipinski definition) is 2. The third-order valence-corrected chi connectivity index (χ3v) is 4.39. The molecular formula is C21H25NO4. The molecule has 2 aromatic carbocycles. The highest BCUT2D eigenvalue weighted by atomic mass is 16.5. The minimum absolute atomic E-state index is 0.142. The zero-order chi connectivity index (χ0) is 18.9. The summed E-state index contributed by atoms with van der Waals surface area (Å²) in [5, 5.41) is 12.3. The first-order valence-corrected chi connectivity index (χ1v) is 8.63. The van der Waals surface area contributed by atoms with Crippen LogP contribution in [0.5, 0.6) is 0 Å². The van der Waals surface area contributed by atoms with Gasteiger partial charge in [0.15, 0.2) is 6.10 Å². The lowest BCUT2D eigenvalue weighted by atomic mass is 9.88. The monoisotopic (exact) mass is 355 g/mol. The lowest BCUT2D eigenvalue weighted by Crippen LogP contribution is -2.30. The number of aryl methyl sites for hydroxylation is 2. The van der Waals surface area contributed by atoms with Crippen molar-refractivity contribution in [1.29, 1.82) is 0 Å². The molecule has 1 amide bonds. The Morgan fingerprint density at radius 1 is 1.19 bits per heavy atom. The van der Waals surface area contributed by atoms with E-state index in [9.17, 15) is 14.7 Å². The molecule has 0 aromatic heterocycles. The van der Waals surface area contributed by atoms with Crippen LogP contribution in [0.3, 0.4) is 0 Å². The molecule has 26 heavy (non-hydrogen) atoms. The minimum atomic E-state index is -0.998. The highest BCUT2D eigenvalue weighted by molar-refractivity contribution is 5.72. The maximum atomic E-state index is 11.7. The average Bonchev–Trinajstić information content (AvgIpc) is 2.64. The zero-order valence-electron chi connectivity index (χ0n) is 15.1. The molecule has 0 saturated carbocycles. The van der Waals surface area contributed by atoms with Gasteiger partial charge in [-0.15, -0.1) is 0 Å². The molecule has 0 aliphatic rings. The van der Waals surface area contributed by atoms with Gasteiger partial charge in [-0.05, 0) is 37.0 Å². The summed E-state index contributed by atoms with van der Waals surface area (Å²) >= 11 is 0. The van der Waals surface area contributed by atoms with E-state index < -0.39 is 12.1 Å². The molecule has 2 rings (SSSR count). The third kappa shape index (κ3) is 5.70. The topological polar surface area (TPSA) is 75.6 Å². The van der Waals surface area contributed by atoms with Gasteiger partial charge in [0.1, 0.15) is 0 Å². The molecule has 5 nitrogen and oxygen atoms in total. The van der Waals surface area contributed by atoms with E-state index in [2.05, 4.69) is 5.32 Å². The fraction of sp³-hybridized carbons (Fsp3) is 0.333. The number of ether oxygens (including phenoxy) is 1. The first-order valence-electron chi connectivity index (χ1n) is 8.63. The van der Waals surface area contributed by atoms with Crippen molar-refractivity contribution < 1.29 is 19.4 Å². The maximum Gasteiger partial charge on any atom is 0.332 e. The highest BCUT2D eigenvalue weighted by Crippen LogP contribution is 2.26. The molecular weight excluding hydrogens is 330 g/mol. The van der Waals surface area contributed by atoms with E-state index in [1.165, 1.54) is 0 Å². The molecule has 0 aliphatic carbocycles. The number of carbonyl (C=O) groups excluding carboxylic acids is 1. The lowest BCUT2D eigenvalue weighted by Gasteiger charge is -2.23. The van der Waals surface area contributed by atoms with Gasteiger partial charge < -0.3 is 15.2 Å². The quantitative estimate of drug-likeness (QED) is 0.642. The van der Waals surface area contributed by atoms with Crippen molar-refractivity contribution in [3.63, 3.8) is 0 Å². The Labute approximate surface area is 154 Å². The fourth-order valence-electron chi connectivity index (χ4n) is 2.98. The SMILES string of the molecule is Cc1ccc(C)c(C(CNC=O)CC(OCc2ccccc2)C(=O)O)c1. The van der Waals surface area contributed by atoms with Crippen LogP contribution in [0.1, 0.15) is 34.6 Å². The number of aliphatic carboxylic acids is 1. The number of nitrogens with one attached hydrogen (secondary N) is 1. The summed E-state index contributed by atoms with van der Waals surface area (Å²) in [5.41, 5.74) is 4.13. The van der Waals surface area contributed by atoms with Gasteiger partial charge in [-0.2, -0.15) is 0 Å². The Morgan fingerprint density at radius 2 is 1.92 bits per heavy atom. The smallest absolute Gasteiger partial charge is 0.332 e. The Balaban J connectivity index is 2.15. The second-order valence-corrected chi connectivity index (χ2v) is 6.44. The predicted octanol–water partition coefficient (Wildman–Crippen LogP) is 3.19. The van der Waals surface area contributed by atoms with Gasteiger partial charge in [-0.25, -0.2) is 4.79 Å². The number of benzene rings is 2. The Kier molecular flexibility index (Phi) is 7.36. The summed E-state index contributed by atoms with van der Waals surface area (Å²) in [6, 6.07) is 15.6. The first kappa shape index (κ1) is 19.7. The second kappa shape index (κ2) is 9.73. The van der Waals surface area contributed by atoms with E-state index in [-0.39, 0.29) is 18.9 Å². The van der Waals surface area contributed by atoms with E-state index in [1.54, 1.807) is 0 Å². The van der Waals surface area contributed by atoms with E-state index in [4.69, 9.17) is 4.74 Å². The first-order chi connectivity index (χ1) is 12.5. The van der Waals surface area contributed by atoms with Crippen molar-refractivity contribution in [2.24, 2.45) is 0 Å². The van der Waals surface area contributed by atoms with E-state index >= 15 is 0 Å². The third-order valence-electron chi connectivity index (χ3n) is 4.39. The molecule has 0 saturated heterocycles. The van der Waals surface area contributed by atoms with Crippen molar-refractivity contribution >= 4 is 12.4 Å². The molecule has 0 fully saturated rings. The predicted molar refractivity (Wildman–Crippen MR) is 100.0 cm³/mol. The number of carboxylic acids is 1. The number of carbonyl (C=O) groups is 2. The zero-order valence-corrected chi connectivity index (χ0v) is 15.1. The van der Waals surface area contributed by atoms with E-state index in [0.717, 1.165) is 22.3 Å². The van der Waals surface area contributed by atoms with E-state index in [1.807, 2.05) is 62.4 Å². The van der Waals surface area contributed by atoms with Crippen molar-refractivity contribution in [2.75, 3.05) is 6.54 Å². The molecule has 138 valence electrons. The van der Waals surface area contributed by atoms with Gasteiger partial charge in [-0.3, -0.25) is 4.79 Å². The van der Waals surface area contributed by atoms with Crippen molar-refractivity contribution in [2.45, 2.75) is 38.9 Å². The fourth-order valence-corrected chi connectivity index (χ4v) is 2.98. The molecule has 0 heterocycles. The molecule has 2 atom stereocenters. The van der Waals surface area contributed by atoms with Crippen LogP contribution in [0.4, 0.5) is 0 Å². The molecule has 0 spiro atoms. The standard InChI is InChI=1S/C21H25NO4/c1-15-8-9-16(2)19(10-15)18(12-22-14-23)11-20(21(24)25)26-13-17-6-4-3-5-7-17/h3-10,14,18,20H,11-13H2,1-2H3,(H,22,23)(H,24,25). The van der Waals surface area contributed by atoms with Gasteiger partial charge in [0.05, 0.1) is 6.61 Å². The average molecular weight is 355 g/mol. The van der Waals surface area contributed by atoms with Gasteiger partial charge in [-0.1, -0.05) is 54.1 Å². The van der Waals surface area contributed by atoms with Crippen LogP contribution >= 0.6 is 0 Å². The van der Waals surface area contributed by atoms with E-state index in [0.29, 0.717) is 13.0 Å². The molecule has 0 aliphatic heterocycles. The van der Waals surface area contributed by atoms with Crippen LogP contribution in [-0.4, -0.2) is 30.1 Å². The number of rotatable bonds is 10. The Morgan fingerprint density at radius 3 is 2.58 bits per heavy atom. The summed E-state index contributed by atoms with van der Waals surface area (Å²) in [6.07, 6.45) is -0.0277. The number of carboxylic acid groups (broad SMARTS) is 1. The molecule has 2 N–H and O–H groups in total.